The van der Waals surface area contributed by atoms with Gasteiger partial charge >= 0.3 is 5.97 Å². The SMILES string of the molecule is CS(=O)(=O)CS(=O)(=O)Nc1cc(N)ccc1C(=O)O. The number of sulfone groups is 1. The van der Waals surface area contributed by atoms with E-state index in [1.165, 1.54) is 6.07 Å². The van der Waals surface area contributed by atoms with Crippen LogP contribution in [-0.4, -0.2) is 39.3 Å². The number of nitrogen functional groups attached to an aromatic ring is 1. The number of nitrogens with one attached hydrogen (secondary N) is 1. The van der Waals surface area contributed by atoms with Gasteiger partial charge in [-0.25, -0.2) is 21.6 Å². The van der Waals surface area contributed by atoms with Crippen molar-refractivity contribution in [2.75, 3.05) is 21.8 Å². The van der Waals surface area contributed by atoms with Crippen molar-refractivity contribution in [3.05, 3.63) is 23.8 Å². The van der Waals surface area contributed by atoms with Crippen molar-refractivity contribution in [2.45, 2.75) is 0 Å². The molecule has 0 aliphatic carbocycles. The van der Waals surface area contributed by atoms with Gasteiger partial charge < -0.3 is 10.8 Å². The molecule has 1 rings (SSSR count). The Balaban J connectivity index is 3.19. The van der Waals surface area contributed by atoms with Crippen molar-refractivity contribution in [3.63, 3.8) is 0 Å². The fourth-order valence-electron chi connectivity index (χ4n) is 1.31. The van der Waals surface area contributed by atoms with Gasteiger partial charge in [-0.2, -0.15) is 0 Å². The average molecular weight is 308 g/mol. The van der Waals surface area contributed by atoms with Crippen LogP contribution in [0.5, 0.6) is 0 Å². The van der Waals surface area contributed by atoms with Gasteiger partial charge in [0.05, 0.1) is 11.3 Å². The van der Waals surface area contributed by atoms with Crippen LogP contribution >= 0.6 is 0 Å². The van der Waals surface area contributed by atoms with Gasteiger partial charge in [0.1, 0.15) is 0 Å². The molecule has 4 N–H and O–H groups in total. The second-order valence-electron chi connectivity index (χ2n) is 3.87. The average Bonchev–Trinajstić information content (AvgIpc) is 2.11. The largest absolute Gasteiger partial charge is 0.478 e. The summed E-state index contributed by atoms with van der Waals surface area (Å²) in [5, 5.41) is 7.75. The summed E-state index contributed by atoms with van der Waals surface area (Å²) in [6.07, 6.45) is 0.754. The van der Waals surface area contributed by atoms with Gasteiger partial charge in [0.15, 0.2) is 14.9 Å². The summed E-state index contributed by atoms with van der Waals surface area (Å²) in [4.78, 5) is 10.9. The number of carboxylic acid groups (broad SMARTS) is 1. The standard InChI is InChI=1S/C9H12N2O6S2/c1-18(14,15)5-19(16,17)11-8-4-6(10)2-3-7(8)9(12)13/h2-4,11H,5,10H2,1H3,(H,12,13). The van der Waals surface area contributed by atoms with Crippen molar-refractivity contribution >= 4 is 37.2 Å². The van der Waals surface area contributed by atoms with E-state index in [0.29, 0.717) is 0 Å². The van der Waals surface area contributed by atoms with Gasteiger partial charge in [0.25, 0.3) is 0 Å². The van der Waals surface area contributed by atoms with E-state index in [9.17, 15) is 21.6 Å². The van der Waals surface area contributed by atoms with E-state index < -0.39 is 30.9 Å². The number of benzene rings is 1. The molecule has 10 heteroatoms. The van der Waals surface area contributed by atoms with E-state index in [2.05, 4.69) is 0 Å². The number of rotatable bonds is 5. The molecular weight excluding hydrogens is 296 g/mol. The second-order valence-corrected chi connectivity index (χ2v) is 8.10. The van der Waals surface area contributed by atoms with Crippen LogP contribution in [-0.2, 0) is 19.9 Å². The highest BCUT2D eigenvalue weighted by atomic mass is 32.3. The molecule has 0 saturated heterocycles. The smallest absolute Gasteiger partial charge is 0.337 e. The third-order valence-corrected chi connectivity index (χ3v) is 5.39. The number of carbonyl (C=O) groups is 1. The molecule has 1 aromatic carbocycles. The van der Waals surface area contributed by atoms with Gasteiger partial charge in [0, 0.05) is 11.9 Å². The number of nitrogens with two attached hydrogens (primary N) is 1. The van der Waals surface area contributed by atoms with Crippen LogP contribution in [0.2, 0.25) is 0 Å². The van der Waals surface area contributed by atoms with Crippen molar-refractivity contribution in [2.24, 2.45) is 0 Å². The highest BCUT2D eigenvalue weighted by Gasteiger charge is 2.21. The van der Waals surface area contributed by atoms with E-state index in [4.69, 9.17) is 10.8 Å². The molecule has 0 saturated carbocycles. The predicted octanol–water partition coefficient (Wildman–Crippen LogP) is -0.289. The maximum absolute atomic E-state index is 11.6. The van der Waals surface area contributed by atoms with E-state index in [0.717, 1.165) is 18.4 Å². The molecule has 106 valence electrons. The molecule has 0 heterocycles. The zero-order valence-corrected chi connectivity index (χ0v) is 11.5. The van der Waals surface area contributed by atoms with Gasteiger partial charge in [-0.1, -0.05) is 0 Å². The molecule has 1 aromatic rings. The lowest BCUT2D eigenvalue weighted by Gasteiger charge is -2.10. The maximum atomic E-state index is 11.6. The molecule has 8 nitrogen and oxygen atoms in total. The Labute approximate surface area is 110 Å². The van der Waals surface area contributed by atoms with Gasteiger partial charge in [-0.15, -0.1) is 0 Å². The third kappa shape index (κ3) is 4.75. The summed E-state index contributed by atoms with van der Waals surface area (Å²) in [6, 6.07) is 3.51. The van der Waals surface area contributed by atoms with Crippen LogP contribution in [0.3, 0.4) is 0 Å². The monoisotopic (exact) mass is 308 g/mol. The summed E-state index contributed by atoms with van der Waals surface area (Å²) in [5.41, 5.74) is 4.96. The van der Waals surface area contributed by atoms with E-state index in [-0.39, 0.29) is 16.9 Å². The molecule has 0 fully saturated rings. The maximum Gasteiger partial charge on any atom is 0.337 e. The quantitative estimate of drug-likeness (QED) is 0.634. The molecule has 0 radical (unpaired) electrons. The van der Waals surface area contributed by atoms with Crippen molar-refractivity contribution in [1.82, 2.24) is 0 Å². The fraction of sp³-hybridized carbons (Fsp3) is 0.222. The Hall–Kier alpha value is -1.81. The summed E-state index contributed by atoms with van der Waals surface area (Å²) in [6.45, 7) is 0. The topological polar surface area (TPSA) is 144 Å². The highest BCUT2D eigenvalue weighted by molar-refractivity contribution is 8.08. The summed E-state index contributed by atoms with van der Waals surface area (Å²) in [5.74, 6) is -1.36. The summed E-state index contributed by atoms with van der Waals surface area (Å²) in [7, 11) is -8.00. The molecule has 0 amide bonds. The molecule has 0 spiro atoms. The lowest BCUT2D eigenvalue weighted by atomic mass is 10.1. The molecule has 0 aliphatic rings. The lowest BCUT2D eigenvalue weighted by Crippen LogP contribution is -2.23. The molecular formula is C9H12N2O6S2. The van der Waals surface area contributed by atoms with Crippen LogP contribution in [0.25, 0.3) is 0 Å². The Morgan fingerprint density at radius 2 is 1.89 bits per heavy atom. The first-order valence-electron chi connectivity index (χ1n) is 4.81. The first-order valence-corrected chi connectivity index (χ1v) is 8.52. The zero-order chi connectivity index (χ0) is 14.8. The van der Waals surface area contributed by atoms with Crippen LogP contribution in [0.1, 0.15) is 10.4 Å². The molecule has 0 aliphatic heterocycles. The van der Waals surface area contributed by atoms with Gasteiger partial charge in [-0.05, 0) is 18.2 Å². The minimum Gasteiger partial charge on any atom is -0.478 e. The van der Waals surface area contributed by atoms with Crippen molar-refractivity contribution in [1.29, 1.82) is 0 Å². The van der Waals surface area contributed by atoms with Crippen LogP contribution in [0.15, 0.2) is 18.2 Å². The number of sulfonamides is 1. The number of anilines is 2. The number of hydrogen-bond donors (Lipinski definition) is 3. The fourth-order valence-corrected chi connectivity index (χ4v) is 4.31. The van der Waals surface area contributed by atoms with Gasteiger partial charge in [-0.3, -0.25) is 4.72 Å². The van der Waals surface area contributed by atoms with Gasteiger partial charge in [0.2, 0.25) is 10.0 Å². The Morgan fingerprint density at radius 3 is 2.37 bits per heavy atom. The Bertz CT molecular complexity index is 708. The van der Waals surface area contributed by atoms with E-state index in [1.807, 2.05) is 4.72 Å². The van der Waals surface area contributed by atoms with Crippen molar-refractivity contribution in [3.8, 4) is 0 Å². The Kier molecular flexibility index (Phi) is 4.06. The first-order chi connectivity index (χ1) is 8.50. The summed E-state index contributed by atoms with van der Waals surface area (Å²) < 4.78 is 47.0. The van der Waals surface area contributed by atoms with Crippen molar-refractivity contribution < 1.29 is 26.7 Å². The lowest BCUT2D eigenvalue weighted by molar-refractivity contribution is 0.0698. The van der Waals surface area contributed by atoms with Crippen LogP contribution < -0.4 is 10.5 Å². The number of aromatic carboxylic acids is 1. The predicted molar refractivity (Wildman–Crippen MR) is 70.1 cm³/mol. The molecule has 0 unspecified atom stereocenters. The minimum absolute atomic E-state index is 0.141. The number of carboxylic acids is 1. The Morgan fingerprint density at radius 1 is 1.32 bits per heavy atom. The second kappa shape index (κ2) is 5.05. The molecule has 0 aromatic heterocycles. The van der Waals surface area contributed by atoms with E-state index in [1.54, 1.807) is 0 Å². The summed E-state index contributed by atoms with van der Waals surface area (Å²) >= 11 is 0. The third-order valence-electron chi connectivity index (χ3n) is 1.91. The molecule has 0 atom stereocenters. The van der Waals surface area contributed by atoms with E-state index >= 15 is 0 Å². The van der Waals surface area contributed by atoms with Crippen LogP contribution in [0, 0.1) is 0 Å². The first kappa shape index (κ1) is 15.2. The number of hydrogen-bond acceptors (Lipinski definition) is 6. The zero-order valence-electron chi connectivity index (χ0n) is 9.82. The van der Waals surface area contributed by atoms with Crippen LogP contribution in [0.4, 0.5) is 11.4 Å². The molecule has 19 heavy (non-hydrogen) atoms. The highest BCUT2D eigenvalue weighted by Crippen LogP contribution is 2.20. The molecule has 0 bridgehead atoms. The normalized spacial score (nSPS) is 12.1. The minimum atomic E-state index is -4.22.